The van der Waals surface area contributed by atoms with E-state index >= 15 is 0 Å². The topological polar surface area (TPSA) is 46.6 Å². The molecule has 0 spiro atoms. The van der Waals surface area contributed by atoms with Crippen LogP contribution in [-0.4, -0.2) is 35.8 Å². The summed E-state index contributed by atoms with van der Waals surface area (Å²) in [6, 6.07) is 15.5. The average Bonchev–Trinajstić information content (AvgIpc) is 3.27. The Morgan fingerprint density at radius 1 is 0.938 bits per heavy atom. The lowest BCUT2D eigenvalue weighted by atomic mass is 9.98. The van der Waals surface area contributed by atoms with Crippen molar-refractivity contribution in [3.05, 3.63) is 70.9 Å². The van der Waals surface area contributed by atoms with Gasteiger partial charge in [0.1, 0.15) is 0 Å². The van der Waals surface area contributed by atoms with Crippen molar-refractivity contribution in [1.82, 2.24) is 9.88 Å². The minimum absolute atomic E-state index is 0.316. The van der Waals surface area contributed by atoms with E-state index in [1.165, 1.54) is 27.8 Å². The fraction of sp³-hybridized carbons (Fsp3) is 0.370. The highest BCUT2D eigenvalue weighted by Gasteiger charge is 2.21. The average molecular weight is 430 g/mol. The van der Waals surface area contributed by atoms with E-state index in [1.54, 1.807) is 0 Å². The molecule has 1 N–H and O–H groups in total. The first-order chi connectivity index (χ1) is 15.5. The van der Waals surface area contributed by atoms with Gasteiger partial charge >= 0.3 is 0 Å². The Bertz CT molecular complexity index is 1100. The van der Waals surface area contributed by atoms with Crippen LogP contribution in [0.4, 0.5) is 5.69 Å². The van der Waals surface area contributed by atoms with Crippen molar-refractivity contribution in [2.45, 2.75) is 46.2 Å². The molecule has 1 saturated heterocycles. The molecule has 1 fully saturated rings. The molecular weight excluding hydrogens is 398 g/mol. The molecule has 32 heavy (non-hydrogen) atoms. The highest BCUT2D eigenvalue weighted by Crippen LogP contribution is 2.35. The maximum Gasteiger partial charge on any atom is 0.231 e. The van der Waals surface area contributed by atoms with E-state index in [-0.39, 0.29) is 0 Å². The Morgan fingerprint density at radius 2 is 1.69 bits per heavy atom. The third kappa shape index (κ3) is 4.44. The summed E-state index contributed by atoms with van der Waals surface area (Å²) < 4.78 is 10.9. The van der Waals surface area contributed by atoms with Gasteiger partial charge in [-0.25, -0.2) is 0 Å². The highest BCUT2D eigenvalue weighted by molar-refractivity contribution is 5.63. The summed E-state index contributed by atoms with van der Waals surface area (Å²) in [6.07, 6.45) is 4.20. The number of hydrogen-bond acceptors (Lipinski definition) is 5. The Labute approximate surface area is 190 Å². The summed E-state index contributed by atoms with van der Waals surface area (Å²) in [4.78, 5) is 7.19. The number of nitrogens with zero attached hydrogens (tertiary/aromatic N) is 2. The van der Waals surface area contributed by atoms with Crippen LogP contribution >= 0.6 is 0 Å². The molecule has 0 aliphatic carbocycles. The standard InChI is InChI=1S/C27H31N3O2/c1-18-12-22(13-19(2)20(18)3)25-14-21(6-9-28-25)16-30-10-7-23(8-11-30)29-24-4-5-26-27(15-24)32-17-31-26/h4-6,9,12-15,23,29H,7-8,10-11,16-17H2,1-3H3. The summed E-state index contributed by atoms with van der Waals surface area (Å²) in [7, 11) is 0. The number of piperidine rings is 1. The van der Waals surface area contributed by atoms with Gasteiger partial charge in [-0.3, -0.25) is 9.88 Å². The lowest BCUT2D eigenvalue weighted by Gasteiger charge is -2.33. The number of benzene rings is 2. The van der Waals surface area contributed by atoms with Crippen molar-refractivity contribution >= 4 is 5.69 Å². The molecule has 0 radical (unpaired) electrons. The minimum atomic E-state index is 0.316. The van der Waals surface area contributed by atoms with E-state index in [0.717, 1.165) is 55.4 Å². The predicted octanol–water partition coefficient (Wildman–Crippen LogP) is 5.48. The molecule has 5 rings (SSSR count). The van der Waals surface area contributed by atoms with Crippen LogP contribution in [0.3, 0.4) is 0 Å². The lowest BCUT2D eigenvalue weighted by molar-refractivity contribution is 0.174. The Kier molecular flexibility index (Phi) is 5.75. The Balaban J connectivity index is 1.19. The van der Waals surface area contributed by atoms with Crippen LogP contribution in [0, 0.1) is 20.8 Å². The SMILES string of the molecule is Cc1cc(-c2cc(CN3CCC(Nc4ccc5c(c4)OCO5)CC3)ccn2)cc(C)c1C. The number of fused-ring (bicyclic) bond motifs is 1. The molecule has 2 aliphatic rings. The second kappa shape index (κ2) is 8.83. The fourth-order valence-corrected chi connectivity index (χ4v) is 4.63. The summed E-state index contributed by atoms with van der Waals surface area (Å²) in [5.74, 6) is 1.66. The van der Waals surface area contributed by atoms with Crippen molar-refractivity contribution in [2.75, 3.05) is 25.2 Å². The van der Waals surface area contributed by atoms with Crippen molar-refractivity contribution in [1.29, 1.82) is 0 Å². The van der Waals surface area contributed by atoms with E-state index in [9.17, 15) is 0 Å². The van der Waals surface area contributed by atoms with Gasteiger partial charge in [-0.1, -0.05) is 0 Å². The van der Waals surface area contributed by atoms with Gasteiger partial charge in [0.2, 0.25) is 6.79 Å². The number of likely N-dealkylation sites (tertiary alicyclic amines) is 1. The van der Waals surface area contributed by atoms with Gasteiger partial charge in [-0.2, -0.15) is 0 Å². The maximum absolute atomic E-state index is 5.50. The zero-order valence-electron chi connectivity index (χ0n) is 19.1. The van der Waals surface area contributed by atoms with Crippen LogP contribution in [0.5, 0.6) is 11.5 Å². The number of ether oxygens (including phenoxy) is 2. The van der Waals surface area contributed by atoms with E-state index in [0.29, 0.717) is 12.8 Å². The molecule has 3 aromatic rings. The molecule has 5 nitrogen and oxygen atoms in total. The molecule has 0 atom stereocenters. The predicted molar refractivity (Wildman–Crippen MR) is 128 cm³/mol. The molecular formula is C27H31N3O2. The van der Waals surface area contributed by atoms with Crippen molar-refractivity contribution in [3.8, 4) is 22.8 Å². The van der Waals surface area contributed by atoms with Crippen LogP contribution in [0.15, 0.2) is 48.7 Å². The third-order valence-corrected chi connectivity index (χ3v) is 6.78. The maximum atomic E-state index is 5.50. The number of nitrogens with one attached hydrogen (secondary N) is 1. The summed E-state index contributed by atoms with van der Waals surface area (Å²) in [5.41, 5.74) is 8.71. The van der Waals surface area contributed by atoms with E-state index in [4.69, 9.17) is 9.47 Å². The Hall–Kier alpha value is -3.05. The summed E-state index contributed by atoms with van der Waals surface area (Å²) in [6.45, 7) is 10.00. The van der Waals surface area contributed by atoms with Gasteiger partial charge in [0, 0.05) is 49.2 Å². The molecule has 5 heteroatoms. The molecule has 166 valence electrons. The van der Waals surface area contributed by atoms with Crippen molar-refractivity contribution in [3.63, 3.8) is 0 Å². The van der Waals surface area contributed by atoms with Gasteiger partial charge in [-0.05, 0) is 92.3 Å². The monoisotopic (exact) mass is 429 g/mol. The first kappa shape index (κ1) is 20.8. The van der Waals surface area contributed by atoms with Crippen LogP contribution in [0.25, 0.3) is 11.3 Å². The number of hydrogen-bond donors (Lipinski definition) is 1. The van der Waals surface area contributed by atoms with E-state index in [2.05, 4.69) is 66.3 Å². The second-order valence-corrected chi connectivity index (χ2v) is 9.05. The van der Waals surface area contributed by atoms with Gasteiger partial charge in [0.25, 0.3) is 0 Å². The number of aromatic nitrogens is 1. The van der Waals surface area contributed by atoms with Gasteiger partial charge in [0.05, 0.1) is 5.69 Å². The molecule has 0 unspecified atom stereocenters. The first-order valence-electron chi connectivity index (χ1n) is 11.5. The minimum Gasteiger partial charge on any atom is -0.454 e. The van der Waals surface area contributed by atoms with Crippen LogP contribution < -0.4 is 14.8 Å². The zero-order chi connectivity index (χ0) is 22.1. The molecule has 0 amide bonds. The lowest BCUT2D eigenvalue weighted by Crippen LogP contribution is -2.38. The highest BCUT2D eigenvalue weighted by atomic mass is 16.7. The van der Waals surface area contributed by atoms with Crippen LogP contribution in [0.2, 0.25) is 0 Å². The number of pyridine rings is 1. The normalized spacial score (nSPS) is 16.3. The molecule has 2 aliphatic heterocycles. The molecule has 3 heterocycles. The largest absolute Gasteiger partial charge is 0.454 e. The molecule has 1 aromatic heterocycles. The van der Waals surface area contributed by atoms with E-state index in [1.807, 2.05) is 18.3 Å². The second-order valence-electron chi connectivity index (χ2n) is 9.05. The third-order valence-electron chi connectivity index (χ3n) is 6.78. The number of anilines is 1. The number of rotatable bonds is 5. The van der Waals surface area contributed by atoms with Gasteiger partial charge < -0.3 is 14.8 Å². The van der Waals surface area contributed by atoms with Crippen molar-refractivity contribution in [2.24, 2.45) is 0 Å². The van der Waals surface area contributed by atoms with Gasteiger partial charge in [-0.15, -0.1) is 0 Å². The smallest absolute Gasteiger partial charge is 0.231 e. The fourth-order valence-electron chi connectivity index (χ4n) is 4.63. The van der Waals surface area contributed by atoms with Crippen molar-refractivity contribution < 1.29 is 9.47 Å². The Morgan fingerprint density at radius 3 is 2.47 bits per heavy atom. The summed E-state index contributed by atoms with van der Waals surface area (Å²) in [5, 5.41) is 3.67. The molecule has 0 saturated carbocycles. The van der Waals surface area contributed by atoms with Crippen LogP contribution in [-0.2, 0) is 6.54 Å². The summed E-state index contributed by atoms with van der Waals surface area (Å²) >= 11 is 0. The molecule has 2 aromatic carbocycles. The van der Waals surface area contributed by atoms with E-state index < -0.39 is 0 Å². The zero-order valence-corrected chi connectivity index (χ0v) is 19.1. The first-order valence-corrected chi connectivity index (χ1v) is 11.5. The van der Waals surface area contributed by atoms with Crippen LogP contribution in [0.1, 0.15) is 35.1 Å². The quantitative estimate of drug-likeness (QED) is 0.582. The van der Waals surface area contributed by atoms with Gasteiger partial charge in [0.15, 0.2) is 11.5 Å². The number of aryl methyl sites for hydroxylation is 2. The molecule has 0 bridgehead atoms.